The van der Waals surface area contributed by atoms with Crippen LogP contribution in [0.5, 0.6) is 5.75 Å². The lowest BCUT2D eigenvalue weighted by Crippen LogP contribution is -2.00. The molecule has 2 aromatic carbocycles. The number of ether oxygens (including phenoxy) is 1. The van der Waals surface area contributed by atoms with Crippen LogP contribution in [0.3, 0.4) is 0 Å². The van der Waals surface area contributed by atoms with Gasteiger partial charge in [0.05, 0.1) is 17.7 Å². The SMILES string of the molecule is COc1cccc(Cl)c1C(=O)[PH](=O)CCCCCCCCCCCCc1ccccc1. The Kier molecular flexibility index (Phi) is 12.7. The Hall–Kier alpha value is -1.57. The van der Waals surface area contributed by atoms with Gasteiger partial charge in [0, 0.05) is 6.16 Å². The Labute approximate surface area is 193 Å². The second kappa shape index (κ2) is 15.3. The van der Waals surface area contributed by atoms with Gasteiger partial charge in [0.25, 0.3) is 0 Å². The first-order valence-corrected chi connectivity index (χ1v) is 13.6. The monoisotopic (exact) mass is 462 g/mol. The summed E-state index contributed by atoms with van der Waals surface area (Å²) in [5.41, 5.74) is 1.34. The summed E-state index contributed by atoms with van der Waals surface area (Å²) in [5, 5.41) is 0.308. The fraction of sp³-hybridized carbons (Fsp3) is 0.500. The molecule has 0 aromatic heterocycles. The number of carbonyl (C=O) groups excluding carboxylic acids is 1. The van der Waals surface area contributed by atoms with Crippen LogP contribution in [0.1, 0.15) is 80.1 Å². The van der Waals surface area contributed by atoms with E-state index in [1.165, 1.54) is 64.0 Å². The summed E-state index contributed by atoms with van der Waals surface area (Å²) in [6.07, 6.45) is 13.7. The minimum atomic E-state index is -2.36. The van der Waals surface area contributed by atoms with E-state index in [0.717, 1.165) is 19.3 Å². The molecule has 0 aliphatic heterocycles. The van der Waals surface area contributed by atoms with Crippen molar-refractivity contribution in [3.63, 3.8) is 0 Å². The van der Waals surface area contributed by atoms with Crippen molar-refractivity contribution in [1.82, 2.24) is 0 Å². The van der Waals surface area contributed by atoms with Crippen LogP contribution >= 0.6 is 19.4 Å². The number of methoxy groups -OCH3 is 1. The third-order valence-electron chi connectivity index (χ3n) is 5.64. The van der Waals surface area contributed by atoms with Crippen LogP contribution in [-0.4, -0.2) is 18.8 Å². The van der Waals surface area contributed by atoms with Crippen molar-refractivity contribution in [2.24, 2.45) is 0 Å². The van der Waals surface area contributed by atoms with E-state index in [1.54, 1.807) is 18.2 Å². The Morgan fingerprint density at radius 1 is 0.806 bits per heavy atom. The van der Waals surface area contributed by atoms with Crippen LogP contribution in [0.4, 0.5) is 0 Å². The summed E-state index contributed by atoms with van der Waals surface area (Å²) in [7, 11) is -0.866. The first kappa shape index (κ1) is 25.7. The Morgan fingerprint density at radius 3 is 2.00 bits per heavy atom. The Balaban J connectivity index is 1.47. The highest BCUT2D eigenvalue weighted by Gasteiger charge is 2.21. The average molecular weight is 463 g/mol. The molecule has 0 bridgehead atoms. The van der Waals surface area contributed by atoms with Crippen LogP contribution in [-0.2, 0) is 11.0 Å². The molecule has 3 nitrogen and oxygen atoms in total. The van der Waals surface area contributed by atoms with Crippen LogP contribution < -0.4 is 4.74 Å². The molecule has 0 heterocycles. The third-order valence-corrected chi connectivity index (χ3v) is 7.52. The van der Waals surface area contributed by atoms with E-state index in [9.17, 15) is 9.36 Å². The molecule has 0 saturated carbocycles. The molecular weight excluding hydrogens is 427 g/mol. The fourth-order valence-electron chi connectivity index (χ4n) is 3.82. The van der Waals surface area contributed by atoms with Crippen molar-refractivity contribution in [1.29, 1.82) is 0 Å². The smallest absolute Gasteiger partial charge is 0.223 e. The predicted molar refractivity (Wildman–Crippen MR) is 133 cm³/mol. The van der Waals surface area contributed by atoms with Crippen LogP contribution in [0, 0.1) is 0 Å². The highest BCUT2D eigenvalue weighted by atomic mass is 35.5. The minimum Gasteiger partial charge on any atom is -0.496 e. The molecule has 2 rings (SSSR count). The van der Waals surface area contributed by atoms with E-state index in [-0.39, 0.29) is 11.1 Å². The molecule has 170 valence electrons. The Bertz CT molecular complexity index is 808. The van der Waals surface area contributed by atoms with Crippen molar-refractivity contribution >= 4 is 24.9 Å². The molecule has 1 atom stereocenters. The summed E-state index contributed by atoms with van der Waals surface area (Å²) >= 11 is 6.12. The second-order valence-corrected chi connectivity index (χ2v) is 10.3. The van der Waals surface area contributed by atoms with E-state index in [0.29, 0.717) is 16.9 Å². The quantitative estimate of drug-likeness (QED) is 0.186. The molecule has 31 heavy (non-hydrogen) atoms. The van der Waals surface area contributed by atoms with Gasteiger partial charge < -0.3 is 9.30 Å². The molecule has 0 N–H and O–H groups in total. The lowest BCUT2D eigenvalue weighted by molar-refractivity contribution is 0.107. The highest BCUT2D eigenvalue weighted by Crippen LogP contribution is 2.36. The number of unbranched alkanes of at least 4 members (excludes halogenated alkanes) is 9. The standard InChI is InChI=1S/C26H36ClO3P/c1-30-24-20-15-19-23(27)25(24)26(28)31(29)21-14-9-7-5-3-2-4-6-8-11-16-22-17-12-10-13-18-22/h10,12-13,15,17-20,31H,2-9,11,14,16,21H2,1H3. The molecular formula is C26H36ClO3P. The van der Waals surface area contributed by atoms with Gasteiger partial charge in [-0.25, -0.2) is 0 Å². The summed E-state index contributed by atoms with van der Waals surface area (Å²) in [6.45, 7) is 0. The van der Waals surface area contributed by atoms with Crippen molar-refractivity contribution in [2.45, 2.75) is 70.6 Å². The van der Waals surface area contributed by atoms with Gasteiger partial charge in [-0.05, 0) is 37.0 Å². The first-order chi connectivity index (χ1) is 15.1. The normalized spacial score (nSPS) is 11.9. The third kappa shape index (κ3) is 9.62. The van der Waals surface area contributed by atoms with Crippen LogP contribution in [0.2, 0.25) is 5.02 Å². The number of aryl methyl sites for hydroxylation is 1. The maximum atomic E-state index is 12.5. The van der Waals surface area contributed by atoms with E-state index >= 15 is 0 Å². The summed E-state index contributed by atoms with van der Waals surface area (Å²) in [6, 6.07) is 15.7. The summed E-state index contributed by atoms with van der Waals surface area (Å²) in [5.74, 6) is 0.399. The molecule has 1 unspecified atom stereocenters. The lowest BCUT2D eigenvalue weighted by atomic mass is 10.0. The van der Waals surface area contributed by atoms with Gasteiger partial charge >= 0.3 is 0 Å². The van der Waals surface area contributed by atoms with E-state index < -0.39 is 7.80 Å². The van der Waals surface area contributed by atoms with Crippen molar-refractivity contribution in [3.8, 4) is 5.75 Å². The van der Waals surface area contributed by atoms with Gasteiger partial charge in [-0.3, -0.25) is 4.79 Å². The number of benzene rings is 2. The summed E-state index contributed by atoms with van der Waals surface area (Å²) < 4.78 is 17.6. The molecule has 0 fully saturated rings. The molecule has 2 aromatic rings. The molecule has 0 spiro atoms. The van der Waals surface area contributed by atoms with E-state index in [1.807, 2.05) is 0 Å². The van der Waals surface area contributed by atoms with E-state index in [2.05, 4.69) is 30.3 Å². The molecule has 0 radical (unpaired) electrons. The van der Waals surface area contributed by atoms with Crippen LogP contribution in [0.25, 0.3) is 0 Å². The topological polar surface area (TPSA) is 43.4 Å². The van der Waals surface area contributed by atoms with Gasteiger partial charge in [-0.1, -0.05) is 99.4 Å². The maximum Gasteiger partial charge on any atom is 0.223 e. The summed E-state index contributed by atoms with van der Waals surface area (Å²) in [4.78, 5) is 12.5. The van der Waals surface area contributed by atoms with Gasteiger partial charge in [-0.15, -0.1) is 0 Å². The van der Waals surface area contributed by atoms with Gasteiger partial charge in [0.1, 0.15) is 13.6 Å². The molecule has 0 amide bonds. The maximum absolute atomic E-state index is 12.5. The minimum absolute atomic E-state index is 0.263. The number of halogens is 1. The van der Waals surface area contributed by atoms with Crippen molar-refractivity contribution < 1.29 is 14.1 Å². The molecule has 5 heteroatoms. The zero-order valence-electron chi connectivity index (χ0n) is 18.7. The van der Waals surface area contributed by atoms with Crippen molar-refractivity contribution in [3.05, 3.63) is 64.7 Å². The van der Waals surface area contributed by atoms with Crippen molar-refractivity contribution in [2.75, 3.05) is 13.3 Å². The molecule has 0 aliphatic carbocycles. The zero-order valence-corrected chi connectivity index (χ0v) is 20.5. The second-order valence-electron chi connectivity index (χ2n) is 8.09. The Morgan fingerprint density at radius 2 is 1.39 bits per heavy atom. The highest BCUT2D eigenvalue weighted by molar-refractivity contribution is 7.64. The number of rotatable bonds is 16. The number of carbonyl (C=O) groups is 1. The van der Waals surface area contributed by atoms with Gasteiger partial charge in [-0.2, -0.15) is 0 Å². The first-order valence-electron chi connectivity index (χ1n) is 11.6. The number of hydrogen-bond acceptors (Lipinski definition) is 3. The molecule has 0 saturated heterocycles. The van der Waals surface area contributed by atoms with Gasteiger partial charge in [0.2, 0.25) is 5.52 Å². The fourth-order valence-corrected chi connectivity index (χ4v) is 5.49. The average Bonchev–Trinajstić information content (AvgIpc) is 2.79. The predicted octanol–water partition coefficient (Wildman–Crippen LogP) is 8.19. The zero-order chi connectivity index (χ0) is 22.3. The lowest BCUT2D eigenvalue weighted by Gasteiger charge is -2.09. The largest absolute Gasteiger partial charge is 0.496 e. The van der Waals surface area contributed by atoms with Gasteiger partial charge in [0.15, 0.2) is 0 Å². The van der Waals surface area contributed by atoms with E-state index in [4.69, 9.17) is 16.3 Å². The number of hydrogen-bond donors (Lipinski definition) is 0. The van der Waals surface area contributed by atoms with Crippen LogP contribution in [0.15, 0.2) is 48.5 Å². The molecule has 0 aliphatic rings.